The van der Waals surface area contributed by atoms with Gasteiger partial charge in [-0.2, -0.15) is 18.3 Å². The van der Waals surface area contributed by atoms with Crippen LogP contribution in [0.3, 0.4) is 0 Å². The van der Waals surface area contributed by atoms with E-state index in [-0.39, 0.29) is 29.6 Å². The summed E-state index contributed by atoms with van der Waals surface area (Å²) in [5.41, 5.74) is -0.422. The third-order valence-corrected chi connectivity index (χ3v) is 4.82. The largest absolute Gasteiger partial charge is 0.481 e. The van der Waals surface area contributed by atoms with Crippen LogP contribution < -0.4 is 0 Å². The molecule has 3 rings (SSSR count). The number of carbonyl (C=O) groups is 2. The summed E-state index contributed by atoms with van der Waals surface area (Å²) in [5, 5.41) is 13.0. The predicted octanol–water partition coefficient (Wildman–Crippen LogP) is 3.61. The molecular weight excluding hydrogens is 375 g/mol. The fourth-order valence-corrected chi connectivity index (χ4v) is 3.38. The molecule has 0 radical (unpaired) electrons. The zero-order valence-corrected chi connectivity index (χ0v) is 15.0. The Kier molecular flexibility index (Phi) is 5.71. The number of amides is 1. The molecule has 2 aromatic rings. The molecule has 1 atom stereocenters. The fourth-order valence-electron chi connectivity index (χ4n) is 3.38. The van der Waals surface area contributed by atoms with Crippen molar-refractivity contribution in [3.8, 4) is 5.69 Å². The Hall–Kier alpha value is -2.84. The van der Waals surface area contributed by atoms with Gasteiger partial charge in [0.25, 0.3) is 5.91 Å². The van der Waals surface area contributed by atoms with Gasteiger partial charge in [0.05, 0.1) is 11.3 Å². The summed E-state index contributed by atoms with van der Waals surface area (Å²) in [5.74, 6) is -1.03. The Morgan fingerprint density at radius 3 is 2.75 bits per heavy atom. The Balaban J connectivity index is 1.71. The van der Waals surface area contributed by atoms with Gasteiger partial charge in [0.1, 0.15) is 0 Å². The fraction of sp³-hybridized carbons (Fsp3) is 0.421. The van der Waals surface area contributed by atoms with Crippen molar-refractivity contribution in [3.05, 3.63) is 47.8 Å². The molecule has 0 saturated carbocycles. The zero-order chi connectivity index (χ0) is 20.3. The van der Waals surface area contributed by atoms with E-state index in [4.69, 9.17) is 5.11 Å². The number of carboxylic acid groups (broad SMARTS) is 1. The van der Waals surface area contributed by atoms with Crippen molar-refractivity contribution in [1.29, 1.82) is 0 Å². The van der Waals surface area contributed by atoms with Crippen LogP contribution in [-0.4, -0.2) is 44.8 Å². The summed E-state index contributed by atoms with van der Waals surface area (Å²) in [6, 6.07) is 6.20. The molecule has 1 aromatic carbocycles. The van der Waals surface area contributed by atoms with Gasteiger partial charge in [-0.05, 0) is 49.4 Å². The van der Waals surface area contributed by atoms with Crippen molar-refractivity contribution in [1.82, 2.24) is 14.7 Å². The zero-order valence-electron chi connectivity index (χ0n) is 15.0. The highest BCUT2D eigenvalue weighted by Crippen LogP contribution is 2.30. The minimum atomic E-state index is -4.46. The highest BCUT2D eigenvalue weighted by Gasteiger charge is 2.31. The first kappa shape index (κ1) is 19.9. The van der Waals surface area contributed by atoms with Gasteiger partial charge in [0.15, 0.2) is 5.69 Å². The molecule has 6 nitrogen and oxygen atoms in total. The van der Waals surface area contributed by atoms with Gasteiger partial charge in [-0.25, -0.2) is 4.68 Å². The standard InChI is InChI=1S/C19H20F3N3O3/c20-19(21,22)14-4-1-5-15(11-14)25-10-8-16(23-25)18(28)24-9-2-3-13(12-24)6-7-17(26)27/h1,4-5,8,10-11,13H,2-3,6-7,9,12H2,(H,26,27)/t13-/m1/s1. The summed E-state index contributed by atoms with van der Waals surface area (Å²) in [4.78, 5) is 25.1. The molecule has 1 saturated heterocycles. The molecule has 0 unspecified atom stereocenters. The topological polar surface area (TPSA) is 75.4 Å². The Bertz CT molecular complexity index is 863. The van der Waals surface area contributed by atoms with Crippen LogP contribution in [0.15, 0.2) is 36.5 Å². The average molecular weight is 395 g/mol. The number of carbonyl (C=O) groups excluding carboxylic acids is 1. The van der Waals surface area contributed by atoms with Crippen LogP contribution in [0.1, 0.15) is 41.7 Å². The van der Waals surface area contributed by atoms with Gasteiger partial charge in [-0.1, -0.05) is 6.07 Å². The Morgan fingerprint density at radius 1 is 1.25 bits per heavy atom. The molecule has 1 amide bonds. The number of benzene rings is 1. The van der Waals surface area contributed by atoms with Crippen LogP contribution in [-0.2, 0) is 11.0 Å². The molecule has 1 aliphatic rings. The van der Waals surface area contributed by atoms with Crippen LogP contribution >= 0.6 is 0 Å². The number of aliphatic carboxylic acids is 1. The number of carboxylic acids is 1. The monoisotopic (exact) mass is 395 g/mol. The van der Waals surface area contributed by atoms with Crippen molar-refractivity contribution in [3.63, 3.8) is 0 Å². The lowest BCUT2D eigenvalue weighted by Gasteiger charge is -2.32. The van der Waals surface area contributed by atoms with E-state index >= 15 is 0 Å². The second-order valence-electron chi connectivity index (χ2n) is 6.89. The minimum absolute atomic E-state index is 0.0663. The van der Waals surface area contributed by atoms with Crippen molar-refractivity contribution in [2.45, 2.75) is 31.9 Å². The maximum absolute atomic E-state index is 12.9. The molecule has 0 aliphatic carbocycles. The smallest absolute Gasteiger partial charge is 0.416 e. The SMILES string of the molecule is O=C(O)CC[C@H]1CCCN(C(=O)c2ccn(-c3cccc(C(F)(F)F)c3)n2)C1. The number of hydrogen-bond acceptors (Lipinski definition) is 3. The van der Waals surface area contributed by atoms with E-state index in [1.807, 2.05) is 0 Å². The molecule has 1 N–H and O–H groups in total. The number of halogens is 3. The summed E-state index contributed by atoms with van der Waals surface area (Å²) in [6.07, 6.45) is -0.774. The van der Waals surface area contributed by atoms with Crippen LogP contribution in [0.2, 0.25) is 0 Å². The van der Waals surface area contributed by atoms with Crippen LogP contribution in [0, 0.1) is 5.92 Å². The number of nitrogens with zero attached hydrogens (tertiary/aromatic N) is 3. The van der Waals surface area contributed by atoms with Gasteiger partial charge in [-0.15, -0.1) is 0 Å². The molecule has 0 bridgehead atoms. The third kappa shape index (κ3) is 4.71. The third-order valence-electron chi connectivity index (χ3n) is 4.82. The Labute approximate surface area is 159 Å². The second-order valence-corrected chi connectivity index (χ2v) is 6.89. The highest BCUT2D eigenvalue weighted by molar-refractivity contribution is 5.92. The van der Waals surface area contributed by atoms with Crippen molar-refractivity contribution in [2.75, 3.05) is 13.1 Å². The lowest BCUT2D eigenvalue weighted by atomic mass is 9.93. The Morgan fingerprint density at radius 2 is 2.04 bits per heavy atom. The van der Waals surface area contributed by atoms with Crippen molar-refractivity contribution >= 4 is 11.9 Å². The lowest BCUT2D eigenvalue weighted by Crippen LogP contribution is -2.40. The molecule has 150 valence electrons. The summed E-state index contributed by atoms with van der Waals surface area (Å²) >= 11 is 0. The number of likely N-dealkylation sites (tertiary alicyclic amines) is 1. The normalized spacial score (nSPS) is 17.5. The maximum atomic E-state index is 12.9. The summed E-state index contributed by atoms with van der Waals surface area (Å²) < 4.78 is 39.9. The average Bonchev–Trinajstić information content (AvgIpc) is 3.15. The van der Waals surface area contributed by atoms with Crippen LogP contribution in [0.25, 0.3) is 5.69 Å². The molecule has 28 heavy (non-hydrogen) atoms. The predicted molar refractivity (Wildman–Crippen MR) is 94.1 cm³/mol. The van der Waals surface area contributed by atoms with E-state index in [2.05, 4.69) is 5.10 Å². The van der Waals surface area contributed by atoms with Gasteiger partial charge < -0.3 is 10.0 Å². The summed E-state index contributed by atoms with van der Waals surface area (Å²) in [6.45, 7) is 1.02. The molecule has 1 aliphatic heterocycles. The highest BCUT2D eigenvalue weighted by atomic mass is 19.4. The first-order valence-electron chi connectivity index (χ1n) is 8.98. The van der Waals surface area contributed by atoms with E-state index < -0.39 is 17.7 Å². The number of alkyl halides is 3. The van der Waals surface area contributed by atoms with Gasteiger partial charge in [-0.3, -0.25) is 9.59 Å². The second kappa shape index (κ2) is 8.04. The number of aromatic nitrogens is 2. The van der Waals surface area contributed by atoms with Crippen LogP contribution in [0.4, 0.5) is 13.2 Å². The molecular formula is C19H20F3N3O3. The number of rotatable bonds is 5. The van der Waals surface area contributed by atoms with Crippen LogP contribution in [0.5, 0.6) is 0 Å². The van der Waals surface area contributed by atoms with Gasteiger partial charge >= 0.3 is 12.1 Å². The van der Waals surface area contributed by atoms with E-state index in [0.29, 0.717) is 19.5 Å². The minimum Gasteiger partial charge on any atom is -0.481 e. The van der Waals surface area contributed by atoms with E-state index in [0.717, 1.165) is 25.0 Å². The van der Waals surface area contributed by atoms with E-state index in [9.17, 15) is 22.8 Å². The van der Waals surface area contributed by atoms with Crippen molar-refractivity contribution < 1.29 is 27.9 Å². The number of hydrogen-bond donors (Lipinski definition) is 1. The maximum Gasteiger partial charge on any atom is 0.416 e. The number of piperidine rings is 1. The van der Waals surface area contributed by atoms with Crippen molar-refractivity contribution in [2.24, 2.45) is 5.92 Å². The lowest BCUT2D eigenvalue weighted by molar-refractivity contribution is -0.138. The first-order valence-corrected chi connectivity index (χ1v) is 8.98. The molecule has 0 spiro atoms. The van der Waals surface area contributed by atoms with E-state index in [1.165, 1.54) is 29.1 Å². The molecule has 1 fully saturated rings. The molecule has 1 aromatic heterocycles. The first-order chi connectivity index (χ1) is 13.2. The van der Waals surface area contributed by atoms with E-state index in [1.54, 1.807) is 4.90 Å². The van der Waals surface area contributed by atoms with Gasteiger partial charge in [0, 0.05) is 25.7 Å². The summed E-state index contributed by atoms with van der Waals surface area (Å²) in [7, 11) is 0. The molecule has 9 heteroatoms. The molecule has 2 heterocycles. The quantitative estimate of drug-likeness (QED) is 0.839. The van der Waals surface area contributed by atoms with Gasteiger partial charge in [0.2, 0.25) is 0 Å².